The number of carbonyl (C=O) groups is 2. The lowest BCUT2D eigenvalue weighted by Gasteiger charge is -2.32. The monoisotopic (exact) mass is 397 g/mol. The summed E-state index contributed by atoms with van der Waals surface area (Å²) in [4.78, 5) is 29.0. The molecule has 0 aromatic heterocycles. The molecule has 2 amide bonds. The molecule has 1 aliphatic heterocycles. The van der Waals surface area contributed by atoms with Gasteiger partial charge in [0.1, 0.15) is 0 Å². The second-order valence-electron chi connectivity index (χ2n) is 7.09. The number of nitrogens with zero attached hydrogens (tertiary/aromatic N) is 2. The molecule has 2 aromatic carbocycles. The van der Waals surface area contributed by atoms with Gasteiger partial charge < -0.3 is 24.6 Å². The van der Waals surface area contributed by atoms with Crippen molar-refractivity contribution in [3.63, 3.8) is 0 Å². The Morgan fingerprint density at radius 2 is 1.59 bits per heavy atom. The number of piperazine rings is 1. The van der Waals surface area contributed by atoms with Gasteiger partial charge in [0.05, 0.1) is 20.6 Å². The third-order valence-electron chi connectivity index (χ3n) is 5.02. The summed E-state index contributed by atoms with van der Waals surface area (Å²) in [7, 11) is 5.19. The molecule has 7 nitrogen and oxygen atoms in total. The molecular weight excluding hydrogens is 370 g/mol. The Morgan fingerprint density at radius 1 is 0.931 bits per heavy atom. The van der Waals surface area contributed by atoms with Crippen molar-refractivity contribution in [2.45, 2.75) is 6.42 Å². The van der Waals surface area contributed by atoms with E-state index in [2.05, 4.69) is 17.3 Å². The van der Waals surface area contributed by atoms with E-state index in [1.165, 1.54) is 0 Å². The third kappa shape index (κ3) is 5.26. The van der Waals surface area contributed by atoms with Crippen molar-refractivity contribution < 1.29 is 19.1 Å². The maximum absolute atomic E-state index is 12.6. The van der Waals surface area contributed by atoms with Crippen molar-refractivity contribution in [2.75, 3.05) is 52.8 Å². The second kappa shape index (κ2) is 9.43. The molecule has 1 saturated heterocycles. The third-order valence-corrected chi connectivity index (χ3v) is 5.02. The lowest BCUT2D eigenvalue weighted by molar-refractivity contribution is -0.115. The van der Waals surface area contributed by atoms with Crippen LogP contribution in [0.3, 0.4) is 0 Å². The van der Waals surface area contributed by atoms with Gasteiger partial charge in [0, 0.05) is 37.4 Å². The SMILES string of the molecule is COc1ccc(CC(=O)Nc2ccc(C(=O)N3CCN(C)CC3)cc2)cc1OC. The molecule has 1 N–H and O–H groups in total. The number of amides is 2. The van der Waals surface area contributed by atoms with Gasteiger partial charge in [0.2, 0.25) is 5.91 Å². The lowest BCUT2D eigenvalue weighted by Crippen LogP contribution is -2.47. The van der Waals surface area contributed by atoms with Gasteiger partial charge in [-0.2, -0.15) is 0 Å². The summed E-state index contributed by atoms with van der Waals surface area (Å²) in [6.45, 7) is 3.24. The van der Waals surface area contributed by atoms with Crippen molar-refractivity contribution in [2.24, 2.45) is 0 Å². The number of carbonyl (C=O) groups excluding carboxylic acids is 2. The number of likely N-dealkylation sites (N-methyl/N-ethyl adjacent to an activating group) is 1. The first-order valence-corrected chi connectivity index (χ1v) is 9.59. The fourth-order valence-corrected chi connectivity index (χ4v) is 3.27. The van der Waals surface area contributed by atoms with E-state index in [9.17, 15) is 9.59 Å². The van der Waals surface area contributed by atoms with E-state index in [0.717, 1.165) is 31.7 Å². The van der Waals surface area contributed by atoms with Gasteiger partial charge in [-0.3, -0.25) is 9.59 Å². The summed E-state index contributed by atoms with van der Waals surface area (Å²) in [6.07, 6.45) is 0.211. The Morgan fingerprint density at radius 3 is 2.21 bits per heavy atom. The molecule has 0 spiro atoms. The summed E-state index contributed by atoms with van der Waals surface area (Å²) in [5.41, 5.74) is 2.11. The molecule has 3 rings (SSSR count). The second-order valence-corrected chi connectivity index (χ2v) is 7.09. The average molecular weight is 397 g/mol. The molecule has 1 heterocycles. The van der Waals surface area contributed by atoms with E-state index in [1.54, 1.807) is 50.6 Å². The highest BCUT2D eigenvalue weighted by Crippen LogP contribution is 2.27. The fourth-order valence-electron chi connectivity index (χ4n) is 3.27. The Kier molecular flexibility index (Phi) is 6.72. The van der Waals surface area contributed by atoms with Crippen LogP contribution in [-0.2, 0) is 11.2 Å². The minimum absolute atomic E-state index is 0.0290. The van der Waals surface area contributed by atoms with Crippen LogP contribution < -0.4 is 14.8 Å². The summed E-state index contributed by atoms with van der Waals surface area (Å²) in [5.74, 6) is 1.10. The number of rotatable bonds is 6. The first-order chi connectivity index (χ1) is 14.0. The van der Waals surface area contributed by atoms with Crippen LogP contribution in [-0.4, -0.2) is 69.1 Å². The van der Waals surface area contributed by atoms with Crippen molar-refractivity contribution in [3.05, 3.63) is 53.6 Å². The molecule has 1 fully saturated rings. The van der Waals surface area contributed by atoms with E-state index < -0.39 is 0 Å². The van der Waals surface area contributed by atoms with Crippen LogP contribution in [0, 0.1) is 0 Å². The molecule has 7 heteroatoms. The predicted octanol–water partition coefficient (Wildman–Crippen LogP) is 2.27. The summed E-state index contributed by atoms with van der Waals surface area (Å²) in [6, 6.07) is 12.4. The topological polar surface area (TPSA) is 71.1 Å². The van der Waals surface area contributed by atoms with Crippen LogP contribution in [0.25, 0.3) is 0 Å². The Balaban J connectivity index is 1.58. The molecule has 0 saturated carbocycles. The van der Waals surface area contributed by atoms with Gasteiger partial charge in [-0.1, -0.05) is 6.07 Å². The minimum atomic E-state index is -0.143. The van der Waals surface area contributed by atoms with E-state index >= 15 is 0 Å². The van der Waals surface area contributed by atoms with Crippen LogP contribution in [0.2, 0.25) is 0 Å². The van der Waals surface area contributed by atoms with Crippen molar-refractivity contribution in [1.29, 1.82) is 0 Å². The standard InChI is InChI=1S/C22H27N3O4/c1-24-10-12-25(13-11-24)22(27)17-5-7-18(8-6-17)23-21(26)15-16-4-9-19(28-2)20(14-16)29-3/h4-9,14H,10-13,15H2,1-3H3,(H,23,26). The summed E-state index contributed by atoms with van der Waals surface area (Å²) >= 11 is 0. The van der Waals surface area contributed by atoms with Crippen LogP contribution >= 0.6 is 0 Å². The summed E-state index contributed by atoms with van der Waals surface area (Å²) < 4.78 is 10.5. The van der Waals surface area contributed by atoms with Gasteiger partial charge in [-0.25, -0.2) is 0 Å². The van der Waals surface area contributed by atoms with E-state index in [-0.39, 0.29) is 18.2 Å². The molecule has 0 unspecified atom stereocenters. The molecule has 0 aliphatic carbocycles. The van der Waals surface area contributed by atoms with E-state index in [0.29, 0.717) is 22.7 Å². The highest BCUT2D eigenvalue weighted by Gasteiger charge is 2.20. The zero-order valence-electron chi connectivity index (χ0n) is 17.1. The van der Waals surface area contributed by atoms with E-state index in [4.69, 9.17) is 9.47 Å². The molecule has 0 radical (unpaired) electrons. The molecule has 0 bridgehead atoms. The lowest BCUT2D eigenvalue weighted by atomic mass is 10.1. The highest BCUT2D eigenvalue weighted by molar-refractivity contribution is 5.96. The Hall–Kier alpha value is -3.06. The number of nitrogens with one attached hydrogen (secondary N) is 1. The normalized spacial score (nSPS) is 14.4. The first kappa shape index (κ1) is 20.7. The quantitative estimate of drug-likeness (QED) is 0.810. The first-order valence-electron chi connectivity index (χ1n) is 9.59. The van der Waals surface area contributed by atoms with Crippen LogP contribution in [0.5, 0.6) is 11.5 Å². The van der Waals surface area contributed by atoms with Gasteiger partial charge in [-0.05, 0) is 49.0 Å². The zero-order chi connectivity index (χ0) is 20.8. The van der Waals surface area contributed by atoms with Gasteiger partial charge >= 0.3 is 0 Å². The number of anilines is 1. The van der Waals surface area contributed by atoms with Crippen LogP contribution in [0.1, 0.15) is 15.9 Å². The molecule has 2 aromatic rings. The summed E-state index contributed by atoms with van der Waals surface area (Å²) in [5, 5.41) is 2.87. The zero-order valence-corrected chi connectivity index (χ0v) is 17.1. The largest absolute Gasteiger partial charge is 0.493 e. The molecule has 29 heavy (non-hydrogen) atoms. The fraction of sp³-hybridized carbons (Fsp3) is 0.364. The maximum Gasteiger partial charge on any atom is 0.253 e. The minimum Gasteiger partial charge on any atom is -0.493 e. The van der Waals surface area contributed by atoms with Gasteiger partial charge in [0.15, 0.2) is 11.5 Å². The Labute approximate surface area is 171 Å². The number of hydrogen-bond donors (Lipinski definition) is 1. The number of ether oxygens (including phenoxy) is 2. The van der Waals surface area contributed by atoms with Crippen LogP contribution in [0.4, 0.5) is 5.69 Å². The average Bonchev–Trinajstić information content (AvgIpc) is 2.74. The Bertz CT molecular complexity index is 859. The van der Waals surface area contributed by atoms with Crippen molar-refractivity contribution in [1.82, 2.24) is 9.80 Å². The molecular formula is C22H27N3O4. The van der Waals surface area contributed by atoms with Crippen molar-refractivity contribution in [3.8, 4) is 11.5 Å². The number of hydrogen-bond acceptors (Lipinski definition) is 5. The predicted molar refractivity (Wildman–Crippen MR) is 112 cm³/mol. The molecule has 0 atom stereocenters. The highest BCUT2D eigenvalue weighted by atomic mass is 16.5. The smallest absolute Gasteiger partial charge is 0.253 e. The number of methoxy groups -OCH3 is 2. The molecule has 1 aliphatic rings. The van der Waals surface area contributed by atoms with Crippen molar-refractivity contribution >= 4 is 17.5 Å². The van der Waals surface area contributed by atoms with Gasteiger partial charge in [0.25, 0.3) is 5.91 Å². The van der Waals surface area contributed by atoms with E-state index in [1.807, 2.05) is 11.0 Å². The van der Waals surface area contributed by atoms with Gasteiger partial charge in [-0.15, -0.1) is 0 Å². The number of benzene rings is 2. The molecule has 154 valence electrons. The van der Waals surface area contributed by atoms with Crippen LogP contribution in [0.15, 0.2) is 42.5 Å². The maximum atomic E-state index is 12.6.